The number of nitrogens with one attached hydrogen (secondary N) is 1. The molecule has 3 heteroatoms. The highest BCUT2D eigenvalue weighted by Crippen LogP contribution is 2.45. The largest absolute Gasteiger partial charge is 0.320 e. The Bertz CT molecular complexity index is 481. The molecular weight excluding hydrogens is 236 g/mol. The topological polar surface area (TPSA) is 29.1 Å². The van der Waals surface area contributed by atoms with Crippen molar-refractivity contribution < 1.29 is 9.28 Å². The number of hydrogen-bond donors (Lipinski definition) is 1. The van der Waals surface area contributed by atoms with Crippen LogP contribution in [0, 0.1) is 13.8 Å². The highest BCUT2D eigenvalue weighted by molar-refractivity contribution is 6.00. The van der Waals surface area contributed by atoms with Crippen molar-refractivity contribution in [3.8, 4) is 0 Å². The minimum atomic E-state index is -0.219. The number of amides is 1. The molecule has 1 aromatic rings. The van der Waals surface area contributed by atoms with Crippen LogP contribution in [0.25, 0.3) is 0 Å². The molecule has 0 bridgehead atoms. The molecule has 104 valence electrons. The fourth-order valence-corrected chi connectivity index (χ4v) is 2.77. The van der Waals surface area contributed by atoms with Crippen LogP contribution >= 0.6 is 0 Å². The van der Waals surface area contributed by atoms with Gasteiger partial charge >= 0.3 is 0 Å². The monoisotopic (exact) mass is 261 g/mol. The van der Waals surface area contributed by atoms with Crippen molar-refractivity contribution >= 4 is 11.6 Å². The summed E-state index contributed by atoms with van der Waals surface area (Å²) in [6.07, 6.45) is 1.98. The van der Waals surface area contributed by atoms with Gasteiger partial charge in [-0.15, -0.1) is 0 Å². The maximum atomic E-state index is 12.7. The first-order valence-corrected chi connectivity index (χ1v) is 7.05. The van der Waals surface area contributed by atoms with E-state index in [4.69, 9.17) is 0 Å². The van der Waals surface area contributed by atoms with Gasteiger partial charge in [-0.05, 0) is 31.9 Å². The summed E-state index contributed by atoms with van der Waals surface area (Å²) in [6.45, 7) is 7.20. The summed E-state index contributed by atoms with van der Waals surface area (Å²) >= 11 is 0. The summed E-state index contributed by atoms with van der Waals surface area (Å²) in [7, 11) is 4.30. The van der Waals surface area contributed by atoms with Crippen molar-refractivity contribution in [3.05, 3.63) is 29.3 Å². The fourth-order valence-electron chi connectivity index (χ4n) is 2.77. The average molecular weight is 261 g/mol. The minimum Gasteiger partial charge on any atom is -0.320 e. The van der Waals surface area contributed by atoms with Crippen LogP contribution in [-0.2, 0) is 4.79 Å². The third-order valence-electron chi connectivity index (χ3n) is 4.82. The molecule has 0 spiro atoms. The van der Waals surface area contributed by atoms with Crippen LogP contribution < -0.4 is 5.32 Å². The number of anilines is 1. The second kappa shape index (κ2) is 4.64. The van der Waals surface area contributed by atoms with E-state index < -0.39 is 0 Å². The van der Waals surface area contributed by atoms with Crippen LogP contribution in [0.4, 0.5) is 5.69 Å². The van der Waals surface area contributed by atoms with Crippen LogP contribution in [0.3, 0.4) is 0 Å². The minimum absolute atomic E-state index is 0.178. The van der Waals surface area contributed by atoms with Gasteiger partial charge in [0.05, 0.1) is 20.6 Å². The van der Waals surface area contributed by atoms with Gasteiger partial charge in [0.1, 0.15) is 0 Å². The highest BCUT2D eigenvalue weighted by Gasteiger charge is 2.62. The van der Waals surface area contributed by atoms with Crippen molar-refractivity contribution in [1.29, 1.82) is 0 Å². The molecule has 1 aliphatic rings. The zero-order valence-corrected chi connectivity index (χ0v) is 12.7. The van der Waals surface area contributed by atoms with Gasteiger partial charge < -0.3 is 9.80 Å². The first-order chi connectivity index (χ1) is 8.84. The number of aryl methyl sites for hydroxylation is 2. The Kier molecular flexibility index (Phi) is 3.43. The van der Waals surface area contributed by atoms with E-state index in [0.717, 1.165) is 40.7 Å². The number of para-hydroxylation sites is 1. The van der Waals surface area contributed by atoms with Crippen molar-refractivity contribution in [2.24, 2.45) is 0 Å². The molecular formula is C16H25N2O+. The van der Waals surface area contributed by atoms with Crippen LogP contribution in [0.15, 0.2) is 18.2 Å². The smallest absolute Gasteiger partial charge is 0.285 e. The predicted molar refractivity (Wildman–Crippen MR) is 79.2 cm³/mol. The van der Waals surface area contributed by atoms with E-state index in [0.29, 0.717) is 0 Å². The van der Waals surface area contributed by atoms with Gasteiger partial charge in [0.25, 0.3) is 5.91 Å². The van der Waals surface area contributed by atoms with E-state index in [1.54, 1.807) is 0 Å². The summed E-state index contributed by atoms with van der Waals surface area (Å²) in [5.41, 5.74) is 3.02. The molecule has 2 rings (SSSR count). The molecule has 1 saturated carbocycles. The predicted octanol–water partition coefficient (Wildman–Crippen LogP) is 2.87. The van der Waals surface area contributed by atoms with Gasteiger partial charge in [0, 0.05) is 18.5 Å². The molecule has 0 unspecified atom stereocenters. The molecule has 0 aromatic heterocycles. The van der Waals surface area contributed by atoms with Gasteiger partial charge in [0.15, 0.2) is 5.54 Å². The lowest BCUT2D eigenvalue weighted by molar-refractivity contribution is -0.914. The molecule has 0 atom stereocenters. The van der Waals surface area contributed by atoms with Gasteiger partial charge in [-0.3, -0.25) is 4.79 Å². The molecule has 0 heterocycles. The average Bonchev–Trinajstić information content (AvgIpc) is 3.15. The second-order valence-electron chi connectivity index (χ2n) is 6.25. The van der Waals surface area contributed by atoms with Crippen LogP contribution in [0.1, 0.15) is 30.9 Å². The van der Waals surface area contributed by atoms with Crippen molar-refractivity contribution in [3.63, 3.8) is 0 Å². The summed E-state index contributed by atoms with van der Waals surface area (Å²) in [5.74, 6) is 0.178. The lowest BCUT2D eigenvalue weighted by atomic mass is 10.1. The number of nitrogens with zero attached hydrogens (tertiary/aromatic N) is 1. The zero-order chi connectivity index (χ0) is 14.3. The number of carbonyl (C=O) groups is 1. The molecule has 19 heavy (non-hydrogen) atoms. The SMILES string of the molecule is CC[N+](C)(C)C1(C(=O)Nc2c(C)cccc2C)CC1. The molecule has 0 radical (unpaired) electrons. The molecule has 1 amide bonds. The lowest BCUT2D eigenvalue weighted by Gasteiger charge is -2.36. The van der Waals surface area contributed by atoms with Gasteiger partial charge in [-0.2, -0.15) is 0 Å². The lowest BCUT2D eigenvalue weighted by Crippen LogP contribution is -2.56. The third-order valence-corrected chi connectivity index (χ3v) is 4.82. The molecule has 1 fully saturated rings. The van der Waals surface area contributed by atoms with E-state index in [-0.39, 0.29) is 11.4 Å². The van der Waals surface area contributed by atoms with Gasteiger partial charge in [-0.25, -0.2) is 0 Å². The van der Waals surface area contributed by atoms with Crippen molar-refractivity contribution in [2.75, 3.05) is 26.0 Å². The first kappa shape index (κ1) is 14.1. The number of carbonyl (C=O) groups excluding carboxylic acids is 1. The highest BCUT2D eigenvalue weighted by atomic mass is 16.2. The van der Waals surface area contributed by atoms with Gasteiger partial charge in [-0.1, -0.05) is 18.2 Å². The Hall–Kier alpha value is -1.35. The summed E-state index contributed by atoms with van der Waals surface area (Å²) in [4.78, 5) is 12.7. The number of hydrogen-bond acceptors (Lipinski definition) is 1. The van der Waals surface area contributed by atoms with Crippen molar-refractivity contribution in [2.45, 2.75) is 39.2 Å². The number of benzene rings is 1. The standard InChI is InChI=1S/C16H24N2O/c1-6-18(4,5)16(10-11-16)15(19)17-14-12(2)8-7-9-13(14)3/h7-9H,6,10-11H2,1-5H3/p+1. The fraction of sp³-hybridized carbons (Fsp3) is 0.562. The Morgan fingerprint density at radius 1 is 1.26 bits per heavy atom. The van der Waals surface area contributed by atoms with E-state index in [2.05, 4.69) is 26.3 Å². The van der Waals surface area contributed by atoms with Gasteiger partial charge in [0.2, 0.25) is 0 Å². The number of rotatable bonds is 4. The second-order valence-corrected chi connectivity index (χ2v) is 6.25. The Morgan fingerprint density at radius 3 is 2.21 bits per heavy atom. The molecule has 1 aromatic carbocycles. The maximum Gasteiger partial charge on any atom is 0.285 e. The van der Waals surface area contributed by atoms with E-state index in [1.165, 1.54) is 0 Å². The number of likely N-dealkylation sites (N-methyl/N-ethyl adjacent to an activating group) is 1. The van der Waals surface area contributed by atoms with Crippen LogP contribution in [0.2, 0.25) is 0 Å². The molecule has 1 N–H and O–H groups in total. The maximum absolute atomic E-state index is 12.7. The molecule has 1 aliphatic carbocycles. The number of quaternary nitrogens is 1. The Morgan fingerprint density at radius 2 is 1.79 bits per heavy atom. The molecule has 0 aliphatic heterocycles. The molecule has 3 nitrogen and oxygen atoms in total. The van der Waals surface area contributed by atoms with Crippen LogP contribution in [-0.4, -0.2) is 36.6 Å². The Labute approximate surface area is 116 Å². The van der Waals surface area contributed by atoms with Crippen LogP contribution in [0.5, 0.6) is 0 Å². The van der Waals surface area contributed by atoms with E-state index >= 15 is 0 Å². The quantitative estimate of drug-likeness (QED) is 0.830. The summed E-state index contributed by atoms with van der Waals surface area (Å²) in [6, 6.07) is 6.11. The van der Waals surface area contributed by atoms with E-state index in [9.17, 15) is 4.79 Å². The normalized spacial score (nSPS) is 17.1. The molecule has 0 saturated heterocycles. The third kappa shape index (κ3) is 2.27. The first-order valence-electron chi connectivity index (χ1n) is 7.05. The Balaban J connectivity index is 2.23. The zero-order valence-electron chi connectivity index (χ0n) is 12.7. The van der Waals surface area contributed by atoms with E-state index in [1.807, 2.05) is 32.0 Å². The summed E-state index contributed by atoms with van der Waals surface area (Å²) in [5, 5.41) is 3.17. The van der Waals surface area contributed by atoms with Crippen molar-refractivity contribution in [1.82, 2.24) is 0 Å². The summed E-state index contributed by atoms with van der Waals surface area (Å²) < 4.78 is 0.768.